The van der Waals surface area contributed by atoms with Gasteiger partial charge in [-0.2, -0.15) is 0 Å². The Labute approximate surface area is 88.0 Å². The highest BCUT2D eigenvalue weighted by Crippen LogP contribution is 2.30. The first-order valence-electron chi connectivity index (χ1n) is 5.04. The maximum absolute atomic E-state index is 13.4. The minimum Gasteiger partial charge on any atom is -0.381 e. The highest BCUT2D eigenvalue weighted by molar-refractivity contribution is 5.87. The molecule has 1 aliphatic rings. The predicted molar refractivity (Wildman–Crippen MR) is 58.8 cm³/mol. The molecule has 1 aromatic carbocycles. The van der Waals surface area contributed by atoms with Gasteiger partial charge in [0.25, 0.3) is 0 Å². The van der Waals surface area contributed by atoms with E-state index in [1.807, 2.05) is 0 Å². The summed E-state index contributed by atoms with van der Waals surface area (Å²) in [5, 5.41) is 10.5. The van der Waals surface area contributed by atoms with E-state index in [9.17, 15) is 4.39 Å². The molecular weight excluding hydrogens is 193 g/mol. The lowest BCUT2D eigenvalue weighted by molar-refractivity contribution is 0.611. The lowest BCUT2D eigenvalue weighted by atomic mass is 10.1. The summed E-state index contributed by atoms with van der Waals surface area (Å²) in [7, 11) is 0. The molecule has 1 aromatic rings. The van der Waals surface area contributed by atoms with Gasteiger partial charge in [-0.1, -0.05) is 0 Å². The summed E-state index contributed by atoms with van der Waals surface area (Å²) in [5.74, 6) is -0.300. The van der Waals surface area contributed by atoms with Gasteiger partial charge in [0.2, 0.25) is 0 Å². The van der Waals surface area contributed by atoms with Crippen molar-refractivity contribution in [1.29, 1.82) is 5.41 Å². The molecular formula is C11H14FN3. The van der Waals surface area contributed by atoms with Crippen LogP contribution in [0.3, 0.4) is 0 Å². The van der Waals surface area contributed by atoms with E-state index in [1.54, 1.807) is 6.07 Å². The van der Waals surface area contributed by atoms with Gasteiger partial charge >= 0.3 is 0 Å². The number of hydrogen-bond donors (Lipinski definition) is 3. The lowest BCUT2D eigenvalue weighted by Gasteiger charge is -2.13. The summed E-state index contributed by atoms with van der Waals surface area (Å²) in [6, 6.07) is 3.39. The second kappa shape index (κ2) is 3.98. The van der Waals surface area contributed by atoms with Crippen LogP contribution in [0.2, 0.25) is 0 Å². The van der Waals surface area contributed by atoms with Crippen molar-refractivity contribution < 1.29 is 4.39 Å². The second-order valence-electron chi connectivity index (χ2n) is 3.76. The molecule has 3 nitrogen and oxygen atoms in total. The normalized spacial score (nSPS) is 15.1. The van der Waals surface area contributed by atoms with Crippen molar-refractivity contribution in [3.8, 4) is 0 Å². The Bertz CT molecular complexity index is 386. The molecule has 15 heavy (non-hydrogen) atoms. The Morgan fingerprint density at radius 1 is 1.53 bits per heavy atom. The van der Waals surface area contributed by atoms with Gasteiger partial charge in [0.1, 0.15) is 5.82 Å². The van der Waals surface area contributed by atoms with Gasteiger partial charge in [0.15, 0.2) is 0 Å². The van der Waals surface area contributed by atoms with Gasteiger partial charge in [-0.3, -0.25) is 0 Å². The van der Waals surface area contributed by atoms with Gasteiger partial charge < -0.3 is 16.5 Å². The summed E-state index contributed by atoms with van der Waals surface area (Å²) in [6.07, 6.45) is 3.44. The molecule has 2 rings (SSSR count). The third-order valence-electron chi connectivity index (χ3n) is 2.57. The standard InChI is InChI=1S/C11H14FN3/c12-10-4-1-7(5-13)11(9(10)6-14)15-8-2-3-8/h1,4-5,8,13,15H,2-3,6,14H2. The van der Waals surface area contributed by atoms with Crippen molar-refractivity contribution in [3.63, 3.8) is 0 Å². The van der Waals surface area contributed by atoms with Crippen LogP contribution in [-0.2, 0) is 6.54 Å². The number of hydrogen-bond acceptors (Lipinski definition) is 3. The number of rotatable bonds is 4. The van der Waals surface area contributed by atoms with Crippen LogP contribution in [0, 0.1) is 11.2 Å². The van der Waals surface area contributed by atoms with Crippen molar-refractivity contribution >= 4 is 11.9 Å². The van der Waals surface area contributed by atoms with E-state index >= 15 is 0 Å². The lowest BCUT2D eigenvalue weighted by Crippen LogP contribution is -2.11. The molecule has 1 saturated carbocycles. The summed E-state index contributed by atoms with van der Waals surface area (Å²) >= 11 is 0. The SMILES string of the molecule is N=Cc1ccc(F)c(CN)c1NC1CC1. The van der Waals surface area contributed by atoms with Crippen molar-refractivity contribution in [2.45, 2.75) is 25.4 Å². The highest BCUT2D eigenvalue weighted by Gasteiger charge is 2.23. The molecule has 80 valence electrons. The Kier molecular flexibility index (Phi) is 2.68. The van der Waals surface area contributed by atoms with E-state index in [2.05, 4.69) is 5.32 Å². The summed E-state index contributed by atoms with van der Waals surface area (Å²) in [6.45, 7) is 0.155. The molecule has 1 aliphatic carbocycles. The molecule has 4 heteroatoms. The third-order valence-corrected chi connectivity index (χ3v) is 2.57. The molecule has 4 N–H and O–H groups in total. The zero-order chi connectivity index (χ0) is 10.8. The van der Waals surface area contributed by atoms with E-state index in [1.165, 1.54) is 12.3 Å². The summed E-state index contributed by atoms with van der Waals surface area (Å²) in [4.78, 5) is 0. The monoisotopic (exact) mass is 207 g/mol. The van der Waals surface area contributed by atoms with E-state index in [0.717, 1.165) is 12.8 Å². The molecule has 0 atom stereocenters. The van der Waals surface area contributed by atoms with E-state index in [4.69, 9.17) is 11.1 Å². The van der Waals surface area contributed by atoms with Crippen LogP contribution in [0.1, 0.15) is 24.0 Å². The Morgan fingerprint density at radius 3 is 2.80 bits per heavy atom. The van der Waals surface area contributed by atoms with Gasteiger partial charge in [-0.15, -0.1) is 0 Å². The number of nitrogens with two attached hydrogens (primary N) is 1. The fourth-order valence-corrected chi connectivity index (χ4v) is 1.56. The van der Waals surface area contributed by atoms with Crippen LogP contribution in [0.4, 0.5) is 10.1 Å². The number of halogens is 1. The number of nitrogens with one attached hydrogen (secondary N) is 2. The minimum absolute atomic E-state index is 0.155. The second-order valence-corrected chi connectivity index (χ2v) is 3.76. The first-order chi connectivity index (χ1) is 7.26. The fourth-order valence-electron chi connectivity index (χ4n) is 1.56. The molecule has 0 aromatic heterocycles. The van der Waals surface area contributed by atoms with Gasteiger partial charge in [-0.05, 0) is 25.0 Å². The van der Waals surface area contributed by atoms with Gasteiger partial charge in [-0.25, -0.2) is 4.39 Å². The van der Waals surface area contributed by atoms with Gasteiger partial charge in [0.05, 0.1) is 5.69 Å². The van der Waals surface area contributed by atoms with Crippen molar-refractivity contribution in [1.82, 2.24) is 0 Å². The quantitative estimate of drug-likeness (QED) is 0.660. The van der Waals surface area contributed by atoms with Crippen molar-refractivity contribution in [2.24, 2.45) is 5.73 Å². The third kappa shape index (κ3) is 1.99. The molecule has 0 amide bonds. The maximum Gasteiger partial charge on any atom is 0.129 e. The van der Waals surface area contributed by atoms with Crippen LogP contribution in [0.5, 0.6) is 0 Å². The Balaban J connectivity index is 2.42. The predicted octanol–water partition coefficient (Wildman–Crippen LogP) is 1.86. The largest absolute Gasteiger partial charge is 0.381 e. The molecule has 0 aliphatic heterocycles. The molecule has 1 fully saturated rings. The van der Waals surface area contributed by atoms with Crippen LogP contribution >= 0.6 is 0 Å². The first kappa shape index (κ1) is 10.1. The molecule has 0 radical (unpaired) electrons. The van der Waals surface area contributed by atoms with E-state index in [-0.39, 0.29) is 12.4 Å². The average Bonchev–Trinajstić information content (AvgIpc) is 3.03. The van der Waals surface area contributed by atoms with Crippen LogP contribution in [0.15, 0.2) is 12.1 Å². The Hall–Kier alpha value is -1.42. The summed E-state index contributed by atoms with van der Waals surface area (Å²) in [5.41, 5.74) is 7.38. The van der Waals surface area contributed by atoms with Crippen molar-refractivity contribution in [2.75, 3.05) is 5.32 Å². The molecule has 0 bridgehead atoms. The molecule has 0 saturated heterocycles. The Morgan fingerprint density at radius 2 is 2.27 bits per heavy atom. The highest BCUT2D eigenvalue weighted by atomic mass is 19.1. The average molecular weight is 207 g/mol. The van der Waals surface area contributed by atoms with Crippen LogP contribution < -0.4 is 11.1 Å². The zero-order valence-electron chi connectivity index (χ0n) is 8.39. The van der Waals surface area contributed by atoms with E-state index in [0.29, 0.717) is 22.9 Å². The van der Waals surface area contributed by atoms with Crippen LogP contribution in [0.25, 0.3) is 0 Å². The van der Waals surface area contributed by atoms with E-state index < -0.39 is 0 Å². The number of anilines is 1. The minimum atomic E-state index is -0.300. The molecule has 0 heterocycles. The maximum atomic E-state index is 13.4. The smallest absolute Gasteiger partial charge is 0.129 e. The topological polar surface area (TPSA) is 61.9 Å². The summed E-state index contributed by atoms with van der Waals surface area (Å²) < 4.78 is 13.4. The zero-order valence-corrected chi connectivity index (χ0v) is 8.39. The van der Waals surface area contributed by atoms with Crippen molar-refractivity contribution in [3.05, 3.63) is 29.1 Å². The molecule has 0 unspecified atom stereocenters. The number of benzene rings is 1. The van der Waals surface area contributed by atoms with Crippen LogP contribution in [-0.4, -0.2) is 12.3 Å². The van der Waals surface area contributed by atoms with Gasteiger partial charge in [0, 0.05) is 29.9 Å². The molecule has 0 spiro atoms. The first-order valence-corrected chi connectivity index (χ1v) is 5.04. The fraction of sp³-hybridized carbons (Fsp3) is 0.364.